The van der Waals surface area contributed by atoms with E-state index in [1.54, 1.807) is 14.0 Å². The van der Waals surface area contributed by atoms with Gasteiger partial charge in [-0.1, -0.05) is 19.0 Å². The highest BCUT2D eigenvalue weighted by Crippen LogP contribution is 2.31. The summed E-state index contributed by atoms with van der Waals surface area (Å²) < 4.78 is 15.3. The average Bonchev–Trinajstić information content (AvgIpc) is 2.85. The molecule has 1 atom stereocenters. The predicted molar refractivity (Wildman–Crippen MR) is 75.0 cm³/mol. The third-order valence-electron chi connectivity index (χ3n) is 3.69. The molecule has 0 fully saturated rings. The molecule has 1 heterocycles. The molecule has 1 N–H and O–H groups in total. The number of nitrogens with zero attached hydrogens (tertiary/aromatic N) is 2. The van der Waals surface area contributed by atoms with Crippen molar-refractivity contribution in [3.8, 4) is 0 Å². The van der Waals surface area contributed by atoms with E-state index in [1.165, 1.54) is 0 Å². The number of carboxylic acids is 1. The lowest BCUT2D eigenvalue weighted by molar-refractivity contribution is -0.150. The molecule has 1 unspecified atom stereocenters. The van der Waals surface area contributed by atoms with Crippen molar-refractivity contribution in [2.24, 2.45) is 11.3 Å². The second-order valence-corrected chi connectivity index (χ2v) is 5.51. The van der Waals surface area contributed by atoms with Crippen LogP contribution in [0.4, 0.5) is 0 Å². The predicted octanol–water partition coefficient (Wildman–Crippen LogP) is 1.56. The lowest BCUT2D eigenvalue weighted by Gasteiger charge is -2.27. The van der Waals surface area contributed by atoms with Gasteiger partial charge >= 0.3 is 5.97 Å². The maximum atomic E-state index is 11.4. The maximum Gasteiger partial charge on any atom is 0.310 e. The molecule has 21 heavy (non-hydrogen) atoms. The third kappa shape index (κ3) is 5.09. The molecule has 0 amide bonds. The van der Waals surface area contributed by atoms with Crippen LogP contribution in [0, 0.1) is 11.3 Å². The molecule has 1 rings (SSSR count). The summed E-state index contributed by atoms with van der Waals surface area (Å²) in [5.74, 6) is -0.0257. The lowest BCUT2D eigenvalue weighted by Crippen LogP contribution is -2.35. The van der Waals surface area contributed by atoms with Crippen molar-refractivity contribution in [2.45, 2.75) is 33.6 Å². The first kappa shape index (κ1) is 17.6. The molecule has 1 aromatic rings. The number of aromatic nitrogens is 2. The summed E-state index contributed by atoms with van der Waals surface area (Å²) in [6, 6.07) is 0. The minimum atomic E-state index is -0.918. The Balaban J connectivity index is 2.53. The fourth-order valence-corrected chi connectivity index (χ4v) is 1.71. The zero-order chi connectivity index (χ0) is 15.9. The highest BCUT2D eigenvalue weighted by atomic mass is 16.5. The van der Waals surface area contributed by atoms with Crippen LogP contribution in [0.25, 0.3) is 0 Å². The van der Waals surface area contributed by atoms with E-state index in [-0.39, 0.29) is 12.3 Å². The van der Waals surface area contributed by atoms with Gasteiger partial charge in [0.15, 0.2) is 5.82 Å². The normalized spacial score (nSPS) is 14.3. The largest absolute Gasteiger partial charge is 0.481 e. The van der Waals surface area contributed by atoms with Crippen molar-refractivity contribution in [3.63, 3.8) is 0 Å². The average molecular weight is 300 g/mol. The van der Waals surface area contributed by atoms with Crippen LogP contribution in [0.2, 0.25) is 0 Å². The second kappa shape index (κ2) is 8.09. The standard InChI is InChI=1S/C14H24N2O5/c1-10(2)14(3,13(17)18)9-12-15-11(16-21-12)5-6-20-8-7-19-4/h10H,5-9H2,1-4H3,(H,17,18). The topological polar surface area (TPSA) is 94.7 Å². The van der Waals surface area contributed by atoms with E-state index in [9.17, 15) is 9.90 Å². The van der Waals surface area contributed by atoms with Gasteiger partial charge in [-0.15, -0.1) is 0 Å². The molecule has 0 aromatic carbocycles. The number of carbonyl (C=O) groups is 1. The van der Waals surface area contributed by atoms with E-state index >= 15 is 0 Å². The van der Waals surface area contributed by atoms with Crippen molar-refractivity contribution in [1.82, 2.24) is 10.1 Å². The number of hydrogen-bond donors (Lipinski definition) is 1. The van der Waals surface area contributed by atoms with Crippen LogP contribution in [-0.2, 0) is 27.1 Å². The molecule has 1 aromatic heterocycles. The molecular weight excluding hydrogens is 276 g/mol. The number of methoxy groups -OCH3 is 1. The minimum absolute atomic E-state index is 0.0391. The molecule has 0 saturated heterocycles. The first-order valence-electron chi connectivity index (χ1n) is 7.01. The summed E-state index contributed by atoms with van der Waals surface area (Å²) >= 11 is 0. The van der Waals surface area contributed by atoms with Crippen molar-refractivity contribution in [3.05, 3.63) is 11.7 Å². The molecule has 7 nitrogen and oxygen atoms in total. The number of ether oxygens (including phenoxy) is 2. The van der Waals surface area contributed by atoms with Crippen LogP contribution in [0.15, 0.2) is 4.52 Å². The zero-order valence-electron chi connectivity index (χ0n) is 13.1. The fourth-order valence-electron chi connectivity index (χ4n) is 1.71. The minimum Gasteiger partial charge on any atom is -0.481 e. The Morgan fingerprint density at radius 2 is 2.10 bits per heavy atom. The van der Waals surface area contributed by atoms with Gasteiger partial charge in [0.25, 0.3) is 0 Å². The van der Waals surface area contributed by atoms with Gasteiger partial charge in [-0.05, 0) is 12.8 Å². The number of aliphatic carboxylic acids is 1. The Hall–Kier alpha value is -1.47. The molecule has 0 radical (unpaired) electrons. The van der Waals surface area contributed by atoms with Crippen LogP contribution in [0.3, 0.4) is 0 Å². The Labute approximate surface area is 124 Å². The maximum absolute atomic E-state index is 11.4. The smallest absolute Gasteiger partial charge is 0.310 e. The van der Waals surface area contributed by atoms with Crippen molar-refractivity contribution >= 4 is 5.97 Å². The molecule has 0 aliphatic rings. The van der Waals surface area contributed by atoms with Gasteiger partial charge < -0.3 is 19.1 Å². The Kier molecular flexibility index (Phi) is 6.77. The molecule has 0 saturated carbocycles. The SMILES string of the molecule is COCCOCCc1noc(CC(C)(C(=O)O)C(C)C)n1. The number of carboxylic acid groups (broad SMARTS) is 1. The highest BCUT2D eigenvalue weighted by molar-refractivity contribution is 5.74. The van der Waals surface area contributed by atoms with Gasteiger partial charge in [-0.3, -0.25) is 4.79 Å². The van der Waals surface area contributed by atoms with Crippen LogP contribution < -0.4 is 0 Å². The van der Waals surface area contributed by atoms with E-state index in [2.05, 4.69) is 10.1 Å². The third-order valence-corrected chi connectivity index (χ3v) is 3.69. The lowest BCUT2D eigenvalue weighted by atomic mass is 9.76. The fraction of sp³-hybridized carbons (Fsp3) is 0.786. The summed E-state index contributed by atoms with van der Waals surface area (Å²) in [7, 11) is 1.61. The molecule has 7 heteroatoms. The first-order chi connectivity index (χ1) is 9.90. The summed E-state index contributed by atoms with van der Waals surface area (Å²) in [5, 5.41) is 13.2. The molecule has 0 spiro atoms. The molecule has 120 valence electrons. The monoisotopic (exact) mass is 300 g/mol. The van der Waals surface area contributed by atoms with Crippen LogP contribution in [0.5, 0.6) is 0 Å². The molecule has 0 aliphatic heterocycles. The molecular formula is C14H24N2O5. The summed E-state index contributed by atoms with van der Waals surface area (Å²) in [6.45, 7) is 6.97. The van der Waals surface area contributed by atoms with E-state index in [4.69, 9.17) is 14.0 Å². The van der Waals surface area contributed by atoms with Gasteiger partial charge in [0.05, 0.1) is 25.2 Å². The highest BCUT2D eigenvalue weighted by Gasteiger charge is 2.38. The zero-order valence-corrected chi connectivity index (χ0v) is 13.1. The Morgan fingerprint density at radius 3 is 2.67 bits per heavy atom. The molecule has 0 bridgehead atoms. The second-order valence-electron chi connectivity index (χ2n) is 5.51. The van der Waals surface area contributed by atoms with Gasteiger partial charge in [0.2, 0.25) is 5.89 Å². The quantitative estimate of drug-likeness (QED) is 0.655. The van der Waals surface area contributed by atoms with E-state index < -0.39 is 11.4 Å². The van der Waals surface area contributed by atoms with Gasteiger partial charge in [0, 0.05) is 20.0 Å². The van der Waals surface area contributed by atoms with Crippen LogP contribution in [0.1, 0.15) is 32.5 Å². The van der Waals surface area contributed by atoms with Crippen molar-refractivity contribution in [1.29, 1.82) is 0 Å². The van der Waals surface area contributed by atoms with Crippen molar-refractivity contribution < 1.29 is 23.9 Å². The summed E-state index contributed by atoms with van der Waals surface area (Å²) in [5.41, 5.74) is -0.918. The summed E-state index contributed by atoms with van der Waals surface area (Å²) in [6.07, 6.45) is 0.746. The van der Waals surface area contributed by atoms with Crippen molar-refractivity contribution in [2.75, 3.05) is 26.9 Å². The van der Waals surface area contributed by atoms with E-state index in [0.717, 1.165) is 0 Å². The van der Waals surface area contributed by atoms with E-state index in [0.29, 0.717) is 38.0 Å². The van der Waals surface area contributed by atoms with Gasteiger partial charge in [-0.2, -0.15) is 4.98 Å². The molecule has 0 aliphatic carbocycles. The van der Waals surface area contributed by atoms with Gasteiger partial charge in [0.1, 0.15) is 0 Å². The summed E-state index contributed by atoms with van der Waals surface area (Å²) in [4.78, 5) is 15.7. The van der Waals surface area contributed by atoms with E-state index in [1.807, 2.05) is 13.8 Å². The van der Waals surface area contributed by atoms with Crippen LogP contribution >= 0.6 is 0 Å². The number of rotatable bonds is 10. The Bertz CT molecular complexity index is 446. The van der Waals surface area contributed by atoms with Gasteiger partial charge in [-0.25, -0.2) is 0 Å². The van der Waals surface area contributed by atoms with Crippen LogP contribution in [-0.4, -0.2) is 48.1 Å². The number of hydrogen-bond acceptors (Lipinski definition) is 6. The first-order valence-corrected chi connectivity index (χ1v) is 7.01. The Morgan fingerprint density at radius 1 is 1.38 bits per heavy atom.